The lowest BCUT2D eigenvalue weighted by Gasteiger charge is -2.25. The molecule has 0 amide bonds. The molecule has 1 aromatic carbocycles. The highest BCUT2D eigenvalue weighted by Gasteiger charge is 2.21. The molecule has 3 heteroatoms. The van der Waals surface area contributed by atoms with Gasteiger partial charge < -0.3 is 9.53 Å². The van der Waals surface area contributed by atoms with Crippen LogP contribution in [0.25, 0.3) is 6.08 Å². The van der Waals surface area contributed by atoms with Gasteiger partial charge in [0.1, 0.15) is 11.9 Å². The molecular formula is C19H26O3. The summed E-state index contributed by atoms with van der Waals surface area (Å²) in [5.41, 5.74) is 0.485. The monoisotopic (exact) mass is 302 g/mol. The molecule has 1 atom stereocenters. The number of carbonyl (C=O) groups excluding carboxylic acids is 2. The molecule has 0 spiro atoms. The Morgan fingerprint density at radius 2 is 1.95 bits per heavy atom. The van der Waals surface area contributed by atoms with Crippen LogP contribution in [0.1, 0.15) is 52.0 Å². The lowest BCUT2D eigenvalue weighted by Crippen LogP contribution is -2.27. The molecule has 0 aliphatic carbocycles. The molecule has 0 bridgehead atoms. The fourth-order valence-corrected chi connectivity index (χ4v) is 2.24. The predicted molar refractivity (Wildman–Crippen MR) is 89.3 cm³/mol. The Morgan fingerprint density at radius 3 is 2.59 bits per heavy atom. The fraction of sp³-hybridized carbons (Fsp3) is 0.474. The summed E-state index contributed by atoms with van der Waals surface area (Å²) in [4.78, 5) is 22.3. The quantitative estimate of drug-likeness (QED) is 0.385. The molecule has 1 unspecified atom stereocenters. The Kier molecular flexibility index (Phi) is 7.58. The summed E-state index contributed by atoms with van der Waals surface area (Å²) >= 11 is 0. The Morgan fingerprint density at radius 1 is 1.27 bits per heavy atom. The second kappa shape index (κ2) is 9.19. The van der Waals surface area contributed by atoms with Gasteiger partial charge in [-0.15, -0.1) is 0 Å². The molecular weight excluding hydrogens is 276 g/mol. The van der Waals surface area contributed by atoms with Crippen LogP contribution < -0.4 is 0 Å². The lowest BCUT2D eigenvalue weighted by atomic mass is 9.95. The summed E-state index contributed by atoms with van der Waals surface area (Å²) in [6.45, 7) is 5.91. The zero-order valence-electron chi connectivity index (χ0n) is 13.7. The number of esters is 1. The van der Waals surface area contributed by atoms with E-state index in [0.717, 1.165) is 31.1 Å². The van der Waals surface area contributed by atoms with Crippen LogP contribution in [0.5, 0.6) is 0 Å². The minimum Gasteiger partial charge on any atom is -0.457 e. The van der Waals surface area contributed by atoms with E-state index in [1.54, 1.807) is 6.08 Å². The van der Waals surface area contributed by atoms with E-state index in [-0.39, 0.29) is 5.97 Å². The van der Waals surface area contributed by atoms with Crippen molar-refractivity contribution in [3.05, 3.63) is 42.0 Å². The van der Waals surface area contributed by atoms with Crippen LogP contribution >= 0.6 is 0 Å². The highest BCUT2D eigenvalue weighted by Crippen LogP contribution is 2.21. The van der Waals surface area contributed by atoms with Crippen molar-refractivity contribution in [2.24, 2.45) is 5.92 Å². The van der Waals surface area contributed by atoms with Crippen molar-refractivity contribution in [1.29, 1.82) is 0 Å². The number of ether oxygens (including phenoxy) is 1. The number of aldehydes is 1. The van der Waals surface area contributed by atoms with Crippen molar-refractivity contribution in [2.75, 3.05) is 0 Å². The van der Waals surface area contributed by atoms with Gasteiger partial charge in [-0.1, -0.05) is 43.7 Å². The number of rotatable bonds is 9. The smallest absolute Gasteiger partial charge is 0.331 e. The standard InChI is InChI=1S/C19H26O3/c1-16(13-15-20)8-7-14-19(2,3)22-18(21)12-11-17-9-5-4-6-10-17/h4-6,9-12,15-16H,7-8,13-14H2,1-3H3/b12-11+. The van der Waals surface area contributed by atoms with Crippen LogP contribution in [0, 0.1) is 5.92 Å². The molecule has 0 aromatic heterocycles. The molecule has 0 saturated heterocycles. The normalized spacial score (nSPS) is 13.0. The minimum atomic E-state index is -0.487. The summed E-state index contributed by atoms with van der Waals surface area (Å²) in [7, 11) is 0. The van der Waals surface area contributed by atoms with Crippen molar-refractivity contribution >= 4 is 18.3 Å². The summed E-state index contributed by atoms with van der Waals surface area (Å²) in [6, 6.07) is 9.65. The van der Waals surface area contributed by atoms with Crippen molar-refractivity contribution in [3.63, 3.8) is 0 Å². The highest BCUT2D eigenvalue weighted by molar-refractivity contribution is 5.87. The van der Waals surface area contributed by atoms with Gasteiger partial charge in [0, 0.05) is 12.5 Å². The van der Waals surface area contributed by atoms with Crippen LogP contribution in [0.15, 0.2) is 36.4 Å². The molecule has 22 heavy (non-hydrogen) atoms. The molecule has 0 aliphatic heterocycles. The SMILES string of the molecule is CC(CC=O)CCCC(C)(C)OC(=O)/C=C/c1ccccc1. The Labute approximate surface area is 133 Å². The van der Waals surface area contributed by atoms with Crippen molar-refractivity contribution in [3.8, 4) is 0 Å². The third kappa shape index (κ3) is 7.77. The molecule has 0 aliphatic rings. The molecule has 0 saturated carbocycles. The van der Waals surface area contributed by atoms with Crippen LogP contribution in [-0.4, -0.2) is 17.9 Å². The largest absolute Gasteiger partial charge is 0.457 e. The third-order valence-electron chi connectivity index (χ3n) is 3.56. The van der Waals surface area contributed by atoms with Crippen molar-refractivity contribution in [2.45, 2.75) is 52.1 Å². The van der Waals surface area contributed by atoms with Crippen molar-refractivity contribution in [1.82, 2.24) is 0 Å². The average molecular weight is 302 g/mol. The van der Waals surface area contributed by atoms with Crippen LogP contribution in [0.3, 0.4) is 0 Å². The van der Waals surface area contributed by atoms with E-state index in [4.69, 9.17) is 4.74 Å². The van der Waals surface area contributed by atoms with Gasteiger partial charge in [0.15, 0.2) is 0 Å². The first-order chi connectivity index (χ1) is 10.4. The topological polar surface area (TPSA) is 43.4 Å². The zero-order chi connectivity index (χ0) is 16.4. The van der Waals surface area contributed by atoms with E-state index in [1.165, 1.54) is 6.08 Å². The second-order valence-corrected chi connectivity index (χ2v) is 6.32. The van der Waals surface area contributed by atoms with Gasteiger partial charge in [-0.3, -0.25) is 0 Å². The van der Waals surface area contributed by atoms with E-state index in [1.807, 2.05) is 44.2 Å². The number of carbonyl (C=O) groups is 2. The summed E-state index contributed by atoms with van der Waals surface area (Å²) in [5.74, 6) is 0.0665. The molecule has 0 radical (unpaired) electrons. The van der Waals surface area contributed by atoms with Crippen LogP contribution in [0.2, 0.25) is 0 Å². The second-order valence-electron chi connectivity index (χ2n) is 6.32. The molecule has 3 nitrogen and oxygen atoms in total. The van der Waals surface area contributed by atoms with E-state index in [2.05, 4.69) is 6.92 Å². The first-order valence-corrected chi connectivity index (χ1v) is 7.83. The first-order valence-electron chi connectivity index (χ1n) is 7.83. The Bertz CT molecular complexity index is 489. The lowest BCUT2D eigenvalue weighted by molar-refractivity contribution is -0.150. The first kappa shape index (κ1) is 18.1. The zero-order valence-corrected chi connectivity index (χ0v) is 13.7. The molecule has 1 aromatic rings. The predicted octanol–water partition coefficient (Wildman–Crippen LogP) is 4.42. The number of hydrogen-bond donors (Lipinski definition) is 0. The van der Waals surface area contributed by atoms with Gasteiger partial charge in [0.05, 0.1) is 0 Å². The minimum absolute atomic E-state index is 0.324. The maximum absolute atomic E-state index is 11.9. The Hall–Kier alpha value is -1.90. The number of hydrogen-bond acceptors (Lipinski definition) is 3. The summed E-state index contributed by atoms with van der Waals surface area (Å²) < 4.78 is 5.51. The number of benzene rings is 1. The van der Waals surface area contributed by atoms with Gasteiger partial charge >= 0.3 is 5.97 Å². The van der Waals surface area contributed by atoms with Gasteiger partial charge in [-0.2, -0.15) is 0 Å². The maximum Gasteiger partial charge on any atom is 0.331 e. The van der Waals surface area contributed by atoms with Crippen molar-refractivity contribution < 1.29 is 14.3 Å². The van der Waals surface area contributed by atoms with E-state index in [9.17, 15) is 9.59 Å². The third-order valence-corrected chi connectivity index (χ3v) is 3.56. The van der Waals surface area contributed by atoms with Gasteiger partial charge in [0.25, 0.3) is 0 Å². The summed E-state index contributed by atoms with van der Waals surface area (Å²) in [5, 5.41) is 0. The molecule has 0 fully saturated rings. The van der Waals surface area contributed by atoms with E-state index < -0.39 is 5.60 Å². The van der Waals surface area contributed by atoms with Crippen LogP contribution in [-0.2, 0) is 14.3 Å². The van der Waals surface area contributed by atoms with E-state index in [0.29, 0.717) is 12.3 Å². The van der Waals surface area contributed by atoms with Gasteiger partial charge in [-0.05, 0) is 44.2 Å². The highest BCUT2D eigenvalue weighted by atomic mass is 16.6. The molecule has 120 valence electrons. The molecule has 0 heterocycles. The fourth-order valence-electron chi connectivity index (χ4n) is 2.24. The summed E-state index contributed by atoms with van der Waals surface area (Å²) in [6.07, 6.45) is 7.49. The van der Waals surface area contributed by atoms with Crippen LogP contribution in [0.4, 0.5) is 0 Å². The molecule has 0 N–H and O–H groups in total. The molecule has 1 rings (SSSR count). The van der Waals surface area contributed by atoms with Gasteiger partial charge in [0.2, 0.25) is 0 Å². The van der Waals surface area contributed by atoms with E-state index >= 15 is 0 Å². The average Bonchev–Trinajstić information content (AvgIpc) is 2.46. The maximum atomic E-state index is 11.9. The van der Waals surface area contributed by atoms with Gasteiger partial charge in [-0.25, -0.2) is 4.79 Å². The Balaban J connectivity index is 2.38.